The Balaban J connectivity index is 1.90. The quantitative estimate of drug-likeness (QED) is 0.818. The molecule has 0 bridgehead atoms. The molecule has 0 unspecified atom stereocenters. The van der Waals surface area contributed by atoms with E-state index in [4.69, 9.17) is 4.52 Å². The fraction of sp³-hybridized carbons (Fsp3) is 0.500. The Bertz CT molecular complexity index is 635. The molecule has 2 heterocycles. The molecule has 2 rings (SSSR count). The molecular weight excluding hydrogens is 262 g/mol. The highest BCUT2D eigenvalue weighted by molar-refractivity contribution is 5.76. The first-order valence-electron chi connectivity index (χ1n) is 6.26. The monoisotopic (exact) mass is 279 g/mol. The van der Waals surface area contributed by atoms with Crippen molar-refractivity contribution < 1.29 is 9.32 Å². The smallest absolute Gasteiger partial charge is 0.340 e. The van der Waals surface area contributed by atoms with Gasteiger partial charge in [0.15, 0.2) is 0 Å². The minimum absolute atomic E-state index is 0.0335. The minimum atomic E-state index is -0.364. The van der Waals surface area contributed by atoms with Gasteiger partial charge in [0.1, 0.15) is 11.6 Å². The van der Waals surface area contributed by atoms with Crippen molar-refractivity contribution in [2.45, 2.75) is 33.2 Å². The van der Waals surface area contributed by atoms with Crippen molar-refractivity contribution in [2.24, 2.45) is 0 Å². The SMILES string of the molecule is Cc1noc(C)c1CN(C)C(=O)CCc1n[nH]c(=O)[nH]1. The normalized spacial score (nSPS) is 10.8. The third-order valence-corrected chi connectivity index (χ3v) is 3.13. The number of carbonyl (C=O) groups is 1. The maximum atomic E-state index is 12.0. The van der Waals surface area contributed by atoms with Crippen LogP contribution in [0.1, 0.15) is 29.3 Å². The van der Waals surface area contributed by atoms with Crippen molar-refractivity contribution in [2.75, 3.05) is 7.05 Å². The van der Waals surface area contributed by atoms with Crippen molar-refractivity contribution in [1.29, 1.82) is 0 Å². The van der Waals surface area contributed by atoms with Gasteiger partial charge in [0.2, 0.25) is 5.91 Å². The predicted octanol–water partition coefficient (Wildman–Crippen LogP) is 0.294. The van der Waals surface area contributed by atoms with Gasteiger partial charge >= 0.3 is 5.69 Å². The molecule has 2 N–H and O–H groups in total. The van der Waals surface area contributed by atoms with Crippen molar-refractivity contribution in [3.8, 4) is 0 Å². The molecule has 0 fully saturated rings. The van der Waals surface area contributed by atoms with Crippen molar-refractivity contribution in [1.82, 2.24) is 25.2 Å². The molecule has 0 aliphatic carbocycles. The van der Waals surface area contributed by atoms with E-state index in [2.05, 4.69) is 20.3 Å². The first kappa shape index (κ1) is 14.0. The molecule has 8 heteroatoms. The van der Waals surface area contributed by atoms with E-state index in [1.165, 1.54) is 0 Å². The van der Waals surface area contributed by atoms with Gasteiger partial charge in [-0.25, -0.2) is 9.89 Å². The van der Waals surface area contributed by atoms with Crippen LogP contribution in [0, 0.1) is 13.8 Å². The fourth-order valence-electron chi connectivity index (χ4n) is 1.89. The van der Waals surface area contributed by atoms with Gasteiger partial charge in [-0.05, 0) is 13.8 Å². The number of nitrogens with one attached hydrogen (secondary N) is 2. The van der Waals surface area contributed by atoms with E-state index in [0.29, 0.717) is 18.8 Å². The molecule has 2 aromatic rings. The summed E-state index contributed by atoms with van der Waals surface area (Å²) in [5.41, 5.74) is 1.35. The van der Waals surface area contributed by atoms with Crippen LogP contribution >= 0.6 is 0 Å². The molecule has 0 spiro atoms. The van der Waals surface area contributed by atoms with Crippen molar-refractivity contribution >= 4 is 5.91 Å². The number of aryl methyl sites for hydroxylation is 3. The van der Waals surface area contributed by atoms with Gasteiger partial charge in [-0.15, -0.1) is 0 Å². The van der Waals surface area contributed by atoms with E-state index in [-0.39, 0.29) is 18.0 Å². The molecule has 108 valence electrons. The van der Waals surface area contributed by atoms with E-state index in [1.807, 2.05) is 13.8 Å². The van der Waals surface area contributed by atoms with Crippen molar-refractivity contribution in [3.05, 3.63) is 33.3 Å². The second-order valence-electron chi connectivity index (χ2n) is 4.68. The second kappa shape index (κ2) is 5.72. The largest absolute Gasteiger partial charge is 0.361 e. The number of hydrogen-bond acceptors (Lipinski definition) is 5. The van der Waals surface area contributed by atoms with Crippen LogP contribution in [0.4, 0.5) is 0 Å². The fourth-order valence-corrected chi connectivity index (χ4v) is 1.89. The summed E-state index contributed by atoms with van der Waals surface area (Å²) in [4.78, 5) is 27.0. The number of hydrogen-bond donors (Lipinski definition) is 2. The van der Waals surface area contributed by atoms with Crippen LogP contribution in [-0.2, 0) is 17.8 Å². The van der Waals surface area contributed by atoms with E-state index in [9.17, 15) is 9.59 Å². The van der Waals surface area contributed by atoms with Crippen LogP contribution < -0.4 is 5.69 Å². The Morgan fingerprint density at radius 3 is 2.70 bits per heavy atom. The molecule has 0 aromatic carbocycles. The molecule has 1 amide bonds. The van der Waals surface area contributed by atoms with Gasteiger partial charge < -0.3 is 9.42 Å². The van der Waals surface area contributed by atoms with Gasteiger partial charge in [0, 0.05) is 25.5 Å². The predicted molar refractivity (Wildman–Crippen MR) is 70.0 cm³/mol. The Labute approximate surface area is 115 Å². The van der Waals surface area contributed by atoms with E-state index >= 15 is 0 Å². The molecule has 0 saturated heterocycles. The third kappa shape index (κ3) is 3.14. The summed E-state index contributed by atoms with van der Waals surface area (Å²) < 4.78 is 5.07. The van der Waals surface area contributed by atoms with E-state index < -0.39 is 0 Å². The summed E-state index contributed by atoms with van der Waals surface area (Å²) in [7, 11) is 1.72. The van der Waals surface area contributed by atoms with Crippen LogP contribution in [0.5, 0.6) is 0 Å². The zero-order chi connectivity index (χ0) is 14.7. The van der Waals surface area contributed by atoms with E-state index in [0.717, 1.165) is 17.0 Å². The van der Waals surface area contributed by atoms with Crippen LogP contribution in [-0.4, -0.2) is 38.2 Å². The Kier molecular flexibility index (Phi) is 4.02. The lowest BCUT2D eigenvalue weighted by atomic mass is 10.2. The average molecular weight is 279 g/mol. The summed E-state index contributed by atoms with van der Waals surface area (Å²) in [5, 5.41) is 9.89. The number of rotatable bonds is 5. The molecule has 0 aliphatic heterocycles. The van der Waals surface area contributed by atoms with Crippen LogP contribution in [0.25, 0.3) is 0 Å². The van der Waals surface area contributed by atoms with Gasteiger partial charge in [-0.2, -0.15) is 5.10 Å². The average Bonchev–Trinajstić information content (AvgIpc) is 2.96. The minimum Gasteiger partial charge on any atom is -0.361 e. The summed E-state index contributed by atoms with van der Waals surface area (Å²) in [6.45, 7) is 4.12. The molecule has 0 aliphatic rings. The van der Waals surface area contributed by atoms with Gasteiger partial charge in [0.25, 0.3) is 0 Å². The maximum absolute atomic E-state index is 12.0. The summed E-state index contributed by atoms with van der Waals surface area (Å²) in [6.07, 6.45) is 0.671. The second-order valence-corrected chi connectivity index (χ2v) is 4.68. The number of aromatic amines is 2. The van der Waals surface area contributed by atoms with Crippen LogP contribution in [0.2, 0.25) is 0 Å². The first-order chi connectivity index (χ1) is 9.47. The van der Waals surface area contributed by atoms with Crippen LogP contribution in [0.15, 0.2) is 9.32 Å². The molecule has 20 heavy (non-hydrogen) atoms. The summed E-state index contributed by atoms with van der Waals surface area (Å²) in [6, 6.07) is 0. The molecular formula is C12H17N5O3. The summed E-state index contributed by atoms with van der Waals surface area (Å²) >= 11 is 0. The number of aromatic nitrogens is 4. The zero-order valence-corrected chi connectivity index (χ0v) is 11.7. The number of carbonyl (C=O) groups excluding carboxylic acids is 1. The maximum Gasteiger partial charge on any atom is 0.340 e. The summed E-state index contributed by atoms with van der Waals surface area (Å²) in [5.74, 6) is 1.17. The topological polar surface area (TPSA) is 108 Å². The molecule has 0 radical (unpaired) electrons. The zero-order valence-electron chi connectivity index (χ0n) is 11.7. The van der Waals surface area contributed by atoms with Gasteiger partial charge in [0.05, 0.1) is 12.2 Å². The molecule has 2 aromatic heterocycles. The highest BCUT2D eigenvalue weighted by atomic mass is 16.5. The molecule has 0 atom stereocenters. The third-order valence-electron chi connectivity index (χ3n) is 3.13. The van der Waals surface area contributed by atoms with Crippen molar-refractivity contribution in [3.63, 3.8) is 0 Å². The lowest BCUT2D eigenvalue weighted by Gasteiger charge is -2.16. The van der Waals surface area contributed by atoms with Gasteiger partial charge in [-0.1, -0.05) is 5.16 Å². The molecule has 0 saturated carbocycles. The first-order valence-corrected chi connectivity index (χ1v) is 6.26. The number of amides is 1. The molecule has 8 nitrogen and oxygen atoms in total. The highest BCUT2D eigenvalue weighted by Crippen LogP contribution is 2.14. The van der Waals surface area contributed by atoms with Crippen LogP contribution in [0.3, 0.4) is 0 Å². The Hall–Kier alpha value is -2.38. The lowest BCUT2D eigenvalue weighted by Crippen LogP contribution is -2.27. The number of H-pyrrole nitrogens is 2. The lowest BCUT2D eigenvalue weighted by molar-refractivity contribution is -0.130. The highest BCUT2D eigenvalue weighted by Gasteiger charge is 2.15. The Morgan fingerprint density at radius 2 is 2.15 bits per heavy atom. The van der Waals surface area contributed by atoms with Gasteiger partial charge in [-0.3, -0.25) is 9.78 Å². The Morgan fingerprint density at radius 1 is 1.40 bits per heavy atom. The standard InChI is InChI=1S/C12H17N5O3/c1-7-9(8(2)20-16-7)6-17(3)11(18)5-4-10-13-12(19)15-14-10/h4-6H2,1-3H3,(H2,13,14,15,19). The number of nitrogens with zero attached hydrogens (tertiary/aromatic N) is 3. The van der Waals surface area contributed by atoms with E-state index in [1.54, 1.807) is 11.9 Å².